The minimum atomic E-state index is -0.642. The van der Waals surface area contributed by atoms with Gasteiger partial charge in [0.15, 0.2) is 5.82 Å². The van der Waals surface area contributed by atoms with Crippen LogP contribution in [0.25, 0.3) is 0 Å². The largest absolute Gasteiger partial charge is 0.383 e. The second-order valence-corrected chi connectivity index (χ2v) is 3.33. The highest BCUT2D eigenvalue weighted by Crippen LogP contribution is 1.94. The van der Waals surface area contributed by atoms with Crippen molar-refractivity contribution in [1.82, 2.24) is 15.5 Å². The van der Waals surface area contributed by atoms with E-state index in [1.165, 1.54) is 7.11 Å². The van der Waals surface area contributed by atoms with E-state index in [0.717, 1.165) is 0 Å². The monoisotopic (exact) mass is 228 g/mol. The first kappa shape index (κ1) is 12.6. The summed E-state index contributed by atoms with van der Waals surface area (Å²) in [7, 11) is 1.50. The minimum Gasteiger partial charge on any atom is -0.383 e. The Hall–Kier alpha value is -1.47. The molecule has 0 saturated carbocycles. The molecule has 0 aliphatic carbocycles. The van der Waals surface area contributed by atoms with E-state index in [1.54, 1.807) is 6.92 Å². The number of hydrogen-bond acceptors (Lipinski definition) is 6. The molecule has 0 saturated heterocycles. The number of nitrogens with zero attached hydrogens (tertiary/aromatic N) is 2. The maximum absolute atomic E-state index is 11.3. The summed E-state index contributed by atoms with van der Waals surface area (Å²) in [6, 6.07) is -0.642. The second-order valence-electron chi connectivity index (χ2n) is 3.33. The van der Waals surface area contributed by atoms with E-state index < -0.39 is 6.04 Å². The van der Waals surface area contributed by atoms with Gasteiger partial charge in [0.2, 0.25) is 11.8 Å². The standard InChI is InChI=1S/C9H16N4O3/c1-6-12-8(13-16-6)3-4-11-9(14)7(10)5-15-2/h7H,3-5,10H2,1-2H3,(H,11,14). The van der Waals surface area contributed by atoms with Crippen molar-refractivity contribution < 1.29 is 14.1 Å². The molecule has 16 heavy (non-hydrogen) atoms. The molecule has 1 unspecified atom stereocenters. The van der Waals surface area contributed by atoms with Gasteiger partial charge in [-0.25, -0.2) is 0 Å². The molecule has 1 atom stereocenters. The highest BCUT2D eigenvalue weighted by Gasteiger charge is 2.12. The van der Waals surface area contributed by atoms with Gasteiger partial charge < -0.3 is 20.3 Å². The van der Waals surface area contributed by atoms with Crippen molar-refractivity contribution in [3.05, 3.63) is 11.7 Å². The summed E-state index contributed by atoms with van der Waals surface area (Å²) in [5.41, 5.74) is 5.52. The summed E-state index contributed by atoms with van der Waals surface area (Å²) in [5.74, 6) is 0.831. The van der Waals surface area contributed by atoms with E-state index in [1.807, 2.05) is 0 Å². The van der Waals surface area contributed by atoms with Gasteiger partial charge in [-0.15, -0.1) is 0 Å². The van der Waals surface area contributed by atoms with Gasteiger partial charge in [-0.2, -0.15) is 4.98 Å². The molecule has 3 N–H and O–H groups in total. The molecule has 7 nitrogen and oxygen atoms in total. The van der Waals surface area contributed by atoms with Crippen LogP contribution in [0.15, 0.2) is 4.52 Å². The number of carbonyl (C=O) groups is 1. The highest BCUT2D eigenvalue weighted by atomic mass is 16.5. The first-order valence-electron chi connectivity index (χ1n) is 4.95. The van der Waals surface area contributed by atoms with Crippen LogP contribution in [0.1, 0.15) is 11.7 Å². The fourth-order valence-corrected chi connectivity index (χ4v) is 1.13. The predicted octanol–water partition coefficient (Wildman–Crippen LogP) is -0.990. The van der Waals surface area contributed by atoms with Crippen molar-refractivity contribution in [2.75, 3.05) is 20.3 Å². The van der Waals surface area contributed by atoms with Crippen molar-refractivity contribution >= 4 is 5.91 Å². The molecular weight excluding hydrogens is 212 g/mol. The molecule has 0 radical (unpaired) electrons. The van der Waals surface area contributed by atoms with Crippen LogP contribution in [0.2, 0.25) is 0 Å². The first-order chi connectivity index (χ1) is 7.63. The number of aryl methyl sites for hydroxylation is 1. The lowest BCUT2D eigenvalue weighted by Gasteiger charge is -2.09. The van der Waals surface area contributed by atoms with Gasteiger partial charge in [0.05, 0.1) is 6.61 Å². The second kappa shape index (κ2) is 6.19. The van der Waals surface area contributed by atoms with E-state index in [2.05, 4.69) is 15.5 Å². The fraction of sp³-hybridized carbons (Fsp3) is 0.667. The summed E-state index contributed by atoms with van der Waals surface area (Å²) in [4.78, 5) is 15.4. The lowest BCUT2D eigenvalue weighted by Crippen LogP contribution is -2.44. The quantitative estimate of drug-likeness (QED) is 0.648. The van der Waals surface area contributed by atoms with E-state index in [9.17, 15) is 4.79 Å². The van der Waals surface area contributed by atoms with Crippen LogP contribution < -0.4 is 11.1 Å². The van der Waals surface area contributed by atoms with Crippen molar-refractivity contribution in [2.24, 2.45) is 5.73 Å². The van der Waals surface area contributed by atoms with Crippen molar-refractivity contribution in [3.8, 4) is 0 Å². The van der Waals surface area contributed by atoms with Crippen LogP contribution in [0.5, 0.6) is 0 Å². The normalized spacial score (nSPS) is 12.4. The molecular formula is C9H16N4O3. The Balaban J connectivity index is 2.22. The van der Waals surface area contributed by atoms with Gasteiger partial charge in [0.1, 0.15) is 6.04 Å². The van der Waals surface area contributed by atoms with Crippen LogP contribution >= 0.6 is 0 Å². The lowest BCUT2D eigenvalue weighted by molar-refractivity contribution is -0.123. The van der Waals surface area contributed by atoms with Gasteiger partial charge in [-0.3, -0.25) is 4.79 Å². The molecule has 90 valence electrons. The molecule has 1 aromatic heterocycles. The molecule has 0 bridgehead atoms. The minimum absolute atomic E-state index is 0.202. The van der Waals surface area contributed by atoms with Gasteiger partial charge in [0, 0.05) is 27.0 Å². The van der Waals surface area contributed by atoms with Gasteiger partial charge in [-0.05, 0) is 0 Å². The molecule has 0 aliphatic heterocycles. The number of hydrogen-bond donors (Lipinski definition) is 2. The Morgan fingerprint density at radius 2 is 2.44 bits per heavy atom. The first-order valence-corrected chi connectivity index (χ1v) is 4.95. The Morgan fingerprint density at radius 3 is 3.00 bits per heavy atom. The van der Waals surface area contributed by atoms with Gasteiger partial charge in [0.25, 0.3) is 0 Å². The number of methoxy groups -OCH3 is 1. The lowest BCUT2D eigenvalue weighted by atomic mass is 10.3. The van der Waals surface area contributed by atoms with Crippen LogP contribution in [-0.2, 0) is 16.0 Å². The van der Waals surface area contributed by atoms with E-state index in [-0.39, 0.29) is 12.5 Å². The van der Waals surface area contributed by atoms with Gasteiger partial charge in [-0.1, -0.05) is 5.16 Å². The van der Waals surface area contributed by atoms with Crippen molar-refractivity contribution in [3.63, 3.8) is 0 Å². The zero-order chi connectivity index (χ0) is 12.0. The van der Waals surface area contributed by atoms with Crippen LogP contribution in [-0.4, -0.2) is 42.4 Å². The molecule has 0 aromatic carbocycles. The zero-order valence-electron chi connectivity index (χ0n) is 9.40. The molecule has 0 spiro atoms. The molecule has 0 aliphatic rings. The molecule has 7 heteroatoms. The Morgan fingerprint density at radius 1 is 1.69 bits per heavy atom. The van der Waals surface area contributed by atoms with Gasteiger partial charge >= 0.3 is 0 Å². The summed E-state index contributed by atoms with van der Waals surface area (Å²) in [6.07, 6.45) is 0.517. The zero-order valence-corrected chi connectivity index (χ0v) is 9.40. The van der Waals surface area contributed by atoms with E-state index in [0.29, 0.717) is 24.7 Å². The summed E-state index contributed by atoms with van der Waals surface area (Å²) in [6.45, 7) is 2.34. The fourth-order valence-electron chi connectivity index (χ4n) is 1.13. The maximum Gasteiger partial charge on any atom is 0.239 e. The smallest absolute Gasteiger partial charge is 0.239 e. The number of amides is 1. The van der Waals surface area contributed by atoms with Crippen molar-refractivity contribution in [2.45, 2.75) is 19.4 Å². The van der Waals surface area contributed by atoms with Crippen molar-refractivity contribution in [1.29, 1.82) is 0 Å². The third-order valence-electron chi connectivity index (χ3n) is 1.90. The molecule has 1 rings (SSSR count). The van der Waals surface area contributed by atoms with E-state index >= 15 is 0 Å². The molecule has 1 heterocycles. The summed E-state index contributed by atoms with van der Waals surface area (Å²) in [5, 5.41) is 6.36. The van der Waals surface area contributed by atoms with E-state index in [4.69, 9.17) is 15.0 Å². The molecule has 1 aromatic rings. The number of nitrogens with one attached hydrogen (secondary N) is 1. The number of aromatic nitrogens is 2. The average molecular weight is 228 g/mol. The summed E-state index contributed by atoms with van der Waals surface area (Å²) >= 11 is 0. The maximum atomic E-state index is 11.3. The Bertz CT molecular complexity index is 339. The predicted molar refractivity (Wildman–Crippen MR) is 55.6 cm³/mol. The van der Waals surface area contributed by atoms with Crippen LogP contribution in [0.4, 0.5) is 0 Å². The number of carbonyl (C=O) groups excluding carboxylic acids is 1. The van der Waals surface area contributed by atoms with Crippen LogP contribution in [0.3, 0.4) is 0 Å². The highest BCUT2D eigenvalue weighted by molar-refractivity contribution is 5.81. The average Bonchev–Trinajstić information content (AvgIpc) is 2.64. The molecule has 0 fully saturated rings. The number of rotatable bonds is 6. The third kappa shape index (κ3) is 3.95. The third-order valence-corrected chi connectivity index (χ3v) is 1.90. The SMILES string of the molecule is COCC(N)C(=O)NCCc1noc(C)n1. The Labute approximate surface area is 93.3 Å². The summed E-state index contributed by atoms with van der Waals surface area (Å²) < 4.78 is 9.56. The molecule has 1 amide bonds. The Kier molecular flexibility index (Phi) is 4.87. The number of nitrogens with two attached hydrogens (primary N) is 1. The number of ether oxygens (including phenoxy) is 1. The van der Waals surface area contributed by atoms with Crippen LogP contribution in [0, 0.1) is 6.92 Å². The topological polar surface area (TPSA) is 103 Å².